The van der Waals surface area contributed by atoms with Crippen LogP contribution in [-0.2, 0) is 9.59 Å². The van der Waals surface area contributed by atoms with Gasteiger partial charge in [-0.15, -0.1) is 0 Å². The van der Waals surface area contributed by atoms with Crippen LogP contribution in [0.3, 0.4) is 0 Å². The zero-order valence-corrected chi connectivity index (χ0v) is 9.79. The van der Waals surface area contributed by atoms with Crippen LogP contribution >= 0.6 is 0 Å². The van der Waals surface area contributed by atoms with Crippen LogP contribution in [-0.4, -0.2) is 30.9 Å². The molecule has 0 aromatic heterocycles. The lowest BCUT2D eigenvalue weighted by Gasteiger charge is -2.16. The van der Waals surface area contributed by atoms with E-state index in [-0.39, 0.29) is 6.04 Å². The molecule has 1 fully saturated rings. The third-order valence-corrected chi connectivity index (χ3v) is 2.78. The van der Waals surface area contributed by atoms with Gasteiger partial charge in [-0.25, -0.2) is 0 Å². The maximum absolute atomic E-state index is 11.5. The first-order valence-corrected chi connectivity index (χ1v) is 5.96. The third-order valence-electron chi connectivity index (χ3n) is 2.78. The van der Waals surface area contributed by atoms with Crippen molar-refractivity contribution in [2.24, 2.45) is 11.7 Å². The smallest absolute Gasteiger partial charge is 0.309 e. The van der Waals surface area contributed by atoms with Crippen molar-refractivity contribution < 1.29 is 9.59 Å². The number of carbonyl (C=O) groups excluding carboxylic acids is 2. The van der Waals surface area contributed by atoms with Crippen molar-refractivity contribution in [1.82, 2.24) is 10.6 Å². The van der Waals surface area contributed by atoms with Gasteiger partial charge in [-0.3, -0.25) is 9.59 Å². The largest absolute Gasteiger partial charge is 0.347 e. The van der Waals surface area contributed by atoms with Crippen LogP contribution in [0.2, 0.25) is 0 Å². The van der Waals surface area contributed by atoms with Crippen molar-refractivity contribution in [2.45, 2.75) is 38.6 Å². The van der Waals surface area contributed by atoms with E-state index in [1.807, 2.05) is 6.92 Å². The van der Waals surface area contributed by atoms with E-state index in [0.29, 0.717) is 13.1 Å². The van der Waals surface area contributed by atoms with E-state index in [2.05, 4.69) is 10.6 Å². The molecule has 1 rings (SSSR count). The van der Waals surface area contributed by atoms with Gasteiger partial charge in [0.05, 0.1) is 0 Å². The highest BCUT2D eigenvalue weighted by Crippen LogP contribution is 2.33. The normalized spacial score (nSPS) is 16.6. The summed E-state index contributed by atoms with van der Waals surface area (Å²) in [7, 11) is 0. The molecule has 92 valence electrons. The zero-order valence-electron chi connectivity index (χ0n) is 9.79. The Kier molecular flexibility index (Phi) is 5.25. The van der Waals surface area contributed by atoms with E-state index in [4.69, 9.17) is 5.73 Å². The Morgan fingerprint density at radius 3 is 2.56 bits per heavy atom. The summed E-state index contributed by atoms with van der Waals surface area (Å²) in [6.07, 6.45) is 4.37. The molecule has 5 nitrogen and oxygen atoms in total. The number of rotatable bonds is 6. The molecule has 0 spiro atoms. The van der Waals surface area contributed by atoms with E-state index in [1.54, 1.807) is 0 Å². The van der Waals surface area contributed by atoms with E-state index in [0.717, 1.165) is 18.8 Å². The highest BCUT2D eigenvalue weighted by Gasteiger charge is 2.26. The molecule has 1 aliphatic carbocycles. The summed E-state index contributed by atoms with van der Waals surface area (Å²) in [5, 5.41) is 5.21. The summed E-state index contributed by atoms with van der Waals surface area (Å²) < 4.78 is 0. The van der Waals surface area contributed by atoms with Gasteiger partial charge in [0.25, 0.3) is 0 Å². The summed E-state index contributed by atoms with van der Waals surface area (Å²) in [5.41, 5.74) is 5.23. The average molecular weight is 227 g/mol. The summed E-state index contributed by atoms with van der Waals surface area (Å²) in [6.45, 7) is 2.70. The first-order chi connectivity index (χ1) is 7.67. The first kappa shape index (κ1) is 13.0. The van der Waals surface area contributed by atoms with Crippen LogP contribution in [0.25, 0.3) is 0 Å². The number of nitrogens with two attached hydrogens (primary N) is 1. The van der Waals surface area contributed by atoms with Gasteiger partial charge in [0.2, 0.25) is 0 Å². The standard InChI is InChI=1S/C11H21N3O2/c1-2-9(7-8-3-4-8)14-11(16)10(15)13-6-5-12/h8-9H,2-7,12H2,1H3,(H,13,15)(H,14,16). The number of nitrogens with one attached hydrogen (secondary N) is 2. The highest BCUT2D eigenvalue weighted by atomic mass is 16.2. The van der Waals surface area contributed by atoms with Gasteiger partial charge in [-0.2, -0.15) is 0 Å². The maximum Gasteiger partial charge on any atom is 0.309 e. The molecule has 0 bridgehead atoms. The summed E-state index contributed by atoms with van der Waals surface area (Å²) >= 11 is 0. The van der Waals surface area contributed by atoms with Gasteiger partial charge >= 0.3 is 11.8 Å². The third kappa shape index (κ3) is 4.61. The van der Waals surface area contributed by atoms with Gasteiger partial charge in [0.15, 0.2) is 0 Å². The van der Waals surface area contributed by atoms with Crippen LogP contribution < -0.4 is 16.4 Å². The Bertz CT molecular complexity index is 252. The molecule has 0 saturated heterocycles. The fourth-order valence-corrected chi connectivity index (χ4v) is 1.60. The highest BCUT2D eigenvalue weighted by molar-refractivity contribution is 6.35. The van der Waals surface area contributed by atoms with Crippen molar-refractivity contribution in [3.8, 4) is 0 Å². The molecule has 0 aliphatic heterocycles. The lowest BCUT2D eigenvalue weighted by Crippen LogP contribution is -2.45. The summed E-state index contributed by atoms with van der Waals surface area (Å²) in [5.74, 6) is -0.377. The number of carbonyl (C=O) groups is 2. The Balaban J connectivity index is 2.26. The van der Waals surface area contributed by atoms with Gasteiger partial charge in [0, 0.05) is 19.1 Å². The monoisotopic (exact) mass is 227 g/mol. The van der Waals surface area contributed by atoms with Crippen LogP contribution in [0.4, 0.5) is 0 Å². The Labute approximate surface area is 96.1 Å². The Morgan fingerprint density at radius 2 is 2.06 bits per heavy atom. The van der Waals surface area contributed by atoms with Gasteiger partial charge in [-0.1, -0.05) is 19.8 Å². The molecule has 0 aromatic rings. The van der Waals surface area contributed by atoms with E-state index in [9.17, 15) is 9.59 Å². The van der Waals surface area contributed by atoms with Crippen LogP contribution in [0, 0.1) is 5.92 Å². The van der Waals surface area contributed by atoms with Crippen LogP contribution in [0.5, 0.6) is 0 Å². The van der Waals surface area contributed by atoms with E-state index >= 15 is 0 Å². The lowest BCUT2D eigenvalue weighted by molar-refractivity contribution is -0.139. The predicted molar refractivity (Wildman–Crippen MR) is 61.6 cm³/mol. The second-order valence-electron chi connectivity index (χ2n) is 4.30. The van der Waals surface area contributed by atoms with Crippen molar-refractivity contribution in [3.63, 3.8) is 0 Å². The van der Waals surface area contributed by atoms with Crippen LogP contribution in [0.15, 0.2) is 0 Å². The summed E-state index contributed by atoms with van der Waals surface area (Å²) in [4.78, 5) is 22.7. The minimum atomic E-state index is -0.584. The molecule has 0 heterocycles. The van der Waals surface area contributed by atoms with Gasteiger partial charge in [-0.05, 0) is 18.8 Å². The van der Waals surface area contributed by atoms with Crippen LogP contribution in [0.1, 0.15) is 32.6 Å². The topological polar surface area (TPSA) is 84.2 Å². The molecular formula is C11H21N3O2. The molecule has 1 saturated carbocycles. The fraction of sp³-hybridized carbons (Fsp3) is 0.818. The van der Waals surface area contributed by atoms with Gasteiger partial charge < -0.3 is 16.4 Å². The molecule has 0 aromatic carbocycles. The Morgan fingerprint density at radius 1 is 1.38 bits per heavy atom. The minimum absolute atomic E-state index is 0.128. The van der Waals surface area contributed by atoms with E-state index in [1.165, 1.54) is 12.8 Å². The van der Waals surface area contributed by atoms with Crippen molar-refractivity contribution in [1.29, 1.82) is 0 Å². The van der Waals surface area contributed by atoms with Crippen molar-refractivity contribution in [2.75, 3.05) is 13.1 Å². The zero-order chi connectivity index (χ0) is 12.0. The summed E-state index contributed by atoms with van der Waals surface area (Å²) in [6, 6.07) is 0.128. The molecular weight excluding hydrogens is 206 g/mol. The second-order valence-corrected chi connectivity index (χ2v) is 4.30. The first-order valence-electron chi connectivity index (χ1n) is 5.96. The van der Waals surface area contributed by atoms with Gasteiger partial charge in [0.1, 0.15) is 0 Å². The predicted octanol–water partition coefficient (Wildman–Crippen LogP) is -0.244. The fourth-order valence-electron chi connectivity index (χ4n) is 1.60. The quantitative estimate of drug-likeness (QED) is 0.547. The number of hydrogen-bond acceptors (Lipinski definition) is 3. The molecule has 4 N–H and O–H groups in total. The molecule has 1 atom stereocenters. The molecule has 5 heteroatoms. The molecule has 1 aliphatic rings. The second kappa shape index (κ2) is 6.48. The average Bonchev–Trinajstić information content (AvgIpc) is 3.08. The molecule has 2 amide bonds. The maximum atomic E-state index is 11.5. The lowest BCUT2D eigenvalue weighted by atomic mass is 10.1. The SMILES string of the molecule is CCC(CC1CC1)NC(=O)C(=O)NCCN. The molecule has 0 radical (unpaired) electrons. The number of amides is 2. The van der Waals surface area contributed by atoms with E-state index < -0.39 is 11.8 Å². The van der Waals surface area contributed by atoms with Crippen molar-refractivity contribution >= 4 is 11.8 Å². The Hall–Kier alpha value is -1.10. The van der Waals surface area contributed by atoms with Crippen molar-refractivity contribution in [3.05, 3.63) is 0 Å². The minimum Gasteiger partial charge on any atom is -0.347 e. The molecule has 16 heavy (non-hydrogen) atoms. The molecule has 1 unspecified atom stereocenters. The number of hydrogen-bond donors (Lipinski definition) is 3.